The summed E-state index contributed by atoms with van der Waals surface area (Å²) in [6, 6.07) is 1.78. The number of carbonyl (C=O) groups excluding carboxylic acids is 1. The SMILES string of the molecule is CCNCCNC(=O)c1cnc2onc(CC)c2c1.Cl. The molecule has 0 saturated heterocycles. The molecule has 2 rings (SSSR count). The Labute approximate surface area is 123 Å². The average molecular weight is 299 g/mol. The van der Waals surface area contributed by atoms with Gasteiger partial charge in [0, 0.05) is 19.3 Å². The lowest BCUT2D eigenvalue weighted by Crippen LogP contribution is -2.31. The summed E-state index contributed by atoms with van der Waals surface area (Å²) in [5.74, 6) is -0.129. The van der Waals surface area contributed by atoms with Gasteiger partial charge in [-0.05, 0) is 19.0 Å². The summed E-state index contributed by atoms with van der Waals surface area (Å²) in [5, 5.41) is 10.7. The Morgan fingerprint density at radius 3 is 2.85 bits per heavy atom. The molecule has 0 saturated carbocycles. The molecular formula is C13H19ClN4O2. The predicted molar refractivity (Wildman–Crippen MR) is 79.3 cm³/mol. The fourth-order valence-corrected chi connectivity index (χ4v) is 1.80. The number of hydrogen-bond acceptors (Lipinski definition) is 5. The molecule has 0 bridgehead atoms. The molecule has 0 aliphatic carbocycles. The zero-order chi connectivity index (χ0) is 13.7. The van der Waals surface area contributed by atoms with Crippen molar-refractivity contribution in [2.24, 2.45) is 0 Å². The second kappa shape index (κ2) is 7.81. The van der Waals surface area contributed by atoms with Crippen LogP contribution in [0.5, 0.6) is 0 Å². The van der Waals surface area contributed by atoms with E-state index in [2.05, 4.69) is 20.8 Å². The van der Waals surface area contributed by atoms with Crippen LogP contribution < -0.4 is 10.6 Å². The molecule has 20 heavy (non-hydrogen) atoms. The Bertz CT molecular complexity index is 570. The van der Waals surface area contributed by atoms with Crippen molar-refractivity contribution in [2.75, 3.05) is 19.6 Å². The van der Waals surface area contributed by atoms with Crippen molar-refractivity contribution >= 4 is 29.4 Å². The Morgan fingerprint density at radius 1 is 1.35 bits per heavy atom. The van der Waals surface area contributed by atoms with E-state index in [4.69, 9.17) is 4.52 Å². The molecule has 0 atom stereocenters. The first-order valence-electron chi connectivity index (χ1n) is 6.49. The quantitative estimate of drug-likeness (QED) is 0.791. The smallest absolute Gasteiger partial charge is 0.257 e. The molecule has 0 aromatic carbocycles. The van der Waals surface area contributed by atoms with Gasteiger partial charge in [-0.15, -0.1) is 12.4 Å². The summed E-state index contributed by atoms with van der Waals surface area (Å²) in [5.41, 5.74) is 1.83. The Kier molecular flexibility index (Phi) is 6.41. The average Bonchev–Trinajstić information content (AvgIpc) is 2.85. The molecule has 0 radical (unpaired) electrons. The van der Waals surface area contributed by atoms with E-state index in [0.29, 0.717) is 17.8 Å². The number of fused-ring (bicyclic) bond motifs is 1. The number of rotatable bonds is 6. The van der Waals surface area contributed by atoms with Crippen molar-refractivity contribution in [3.63, 3.8) is 0 Å². The van der Waals surface area contributed by atoms with Gasteiger partial charge in [0.25, 0.3) is 11.6 Å². The normalized spacial score (nSPS) is 10.3. The maximum absolute atomic E-state index is 11.9. The minimum atomic E-state index is -0.129. The third-order valence-corrected chi connectivity index (χ3v) is 2.84. The van der Waals surface area contributed by atoms with E-state index in [1.165, 1.54) is 6.20 Å². The summed E-state index contributed by atoms with van der Waals surface area (Å²) in [7, 11) is 0. The summed E-state index contributed by atoms with van der Waals surface area (Å²) in [6.45, 7) is 6.25. The molecular weight excluding hydrogens is 280 g/mol. The molecule has 1 amide bonds. The number of aromatic nitrogens is 2. The van der Waals surface area contributed by atoms with Gasteiger partial charge in [0.15, 0.2) is 0 Å². The highest BCUT2D eigenvalue weighted by atomic mass is 35.5. The van der Waals surface area contributed by atoms with Crippen LogP contribution in [-0.4, -0.2) is 35.7 Å². The van der Waals surface area contributed by atoms with Crippen LogP contribution in [0.3, 0.4) is 0 Å². The monoisotopic (exact) mass is 298 g/mol. The summed E-state index contributed by atoms with van der Waals surface area (Å²) in [6.07, 6.45) is 2.26. The highest BCUT2D eigenvalue weighted by molar-refractivity contribution is 5.96. The standard InChI is InChI=1S/C13H18N4O2.ClH/c1-3-11-10-7-9(8-16-13(10)19-17-11)12(18)15-6-5-14-4-2;/h7-8,14H,3-6H2,1-2H3,(H,15,18);1H. The molecule has 0 fully saturated rings. The van der Waals surface area contributed by atoms with Gasteiger partial charge in [-0.25, -0.2) is 4.98 Å². The van der Waals surface area contributed by atoms with Crippen LogP contribution in [0.4, 0.5) is 0 Å². The zero-order valence-electron chi connectivity index (χ0n) is 11.6. The van der Waals surface area contributed by atoms with Crippen molar-refractivity contribution < 1.29 is 9.32 Å². The van der Waals surface area contributed by atoms with Gasteiger partial charge in [0.1, 0.15) is 0 Å². The van der Waals surface area contributed by atoms with Crippen LogP contribution in [0.1, 0.15) is 29.9 Å². The maximum Gasteiger partial charge on any atom is 0.257 e. The fourth-order valence-electron chi connectivity index (χ4n) is 1.80. The van der Waals surface area contributed by atoms with Crippen LogP contribution in [-0.2, 0) is 6.42 Å². The van der Waals surface area contributed by atoms with Crippen LogP contribution in [0.15, 0.2) is 16.8 Å². The first kappa shape index (κ1) is 16.4. The fraction of sp³-hybridized carbons (Fsp3) is 0.462. The number of hydrogen-bond donors (Lipinski definition) is 2. The second-order valence-corrected chi connectivity index (χ2v) is 4.17. The van der Waals surface area contributed by atoms with Gasteiger partial charge in [0.05, 0.1) is 16.6 Å². The zero-order valence-corrected chi connectivity index (χ0v) is 12.4. The van der Waals surface area contributed by atoms with E-state index in [0.717, 1.165) is 30.6 Å². The topological polar surface area (TPSA) is 80.0 Å². The lowest BCUT2D eigenvalue weighted by molar-refractivity contribution is 0.0954. The Morgan fingerprint density at radius 2 is 2.15 bits per heavy atom. The number of amides is 1. The van der Waals surface area contributed by atoms with Gasteiger partial charge in [-0.3, -0.25) is 4.79 Å². The van der Waals surface area contributed by atoms with Crippen molar-refractivity contribution in [3.05, 3.63) is 23.5 Å². The van der Waals surface area contributed by atoms with E-state index >= 15 is 0 Å². The molecule has 110 valence electrons. The third kappa shape index (κ3) is 3.68. The Balaban J connectivity index is 0.00000200. The number of nitrogens with one attached hydrogen (secondary N) is 2. The lowest BCUT2D eigenvalue weighted by atomic mass is 10.1. The van der Waals surface area contributed by atoms with E-state index in [1.54, 1.807) is 6.07 Å². The summed E-state index contributed by atoms with van der Waals surface area (Å²) in [4.78, 5) is 16.1. The van der Waals surface area contributed by atoms with Crippen LogP contribution >= 0.6 is 12.4 Å². The highest BCUT2D eigenvalue weighted by Crippen LogP contribution is 2.17. The van der Waals surface area contributed by atoms with E-state index in [9.17, 15) is 4.79 Å². The maximum atomic E-state index is 11.9. The number of halogens is 1. The molecule has 2 N–H and O–H groups in total. The summed E-state index contributed by atoms with van der Waals surface area (Å²) < 4.78 is 5.08. The van der Waals surface area contributed by atoms with E-state index < -0.39 is 0 Å². The largest absolute Gasteiger partial charge is 0.351 e. The number of nitrogens with zero attached hydrogens (tertiary/aromatic N) is 2. The number of pyridine rings is 1. The second-order valence-electron chi connectivity index (χ2n) is 4.17. The van der Waals surface area contributed by atoms with E-state index in [-0.39, 0.29) is 18.3 Å². The van der Waals surface area contributed by atoms with Crippen LogP contribution in [0.25, 0.3) is 11.1 Å². The molecule has 2 aromatic rings. The van der Waals surface area contributed by atoms with Gasteiger partial charge >= 0.3 is 0 Å². The first-order chi connectivity index (χ1) is 9.26. The molecule has 6 nitrogen and oxygen atoms in total. The van der Waals surface area contributed by atoms with Crippen LogP contribution in [0.2, 0.25) is 0 Å². The van der Waals surface area contributed by atoms with Crippen LogP contribution in [0, 0.1) is 0 Å². The van der Waals surface area contributed by atoms with Crippen molar-refractivity contribution in [2.45, 2.75) is 20.3 Å². The van der Waals surface area contributed by atoms with Gasteiger partial charge in [0.2, 0.25) is 0 Å². The number of aryl methyl sites for hydroxylation is 1. The van der Waals surface area contributed by atoms with E-state index in [1.807, 2.05) is 13.8 Å². The van der Waals surface area contributed by atoms with Crippen molar-refractivity contribution in [1.29, 1.82) is 0 Å². The molecule has 2 aromatic heterocycles. The van der Waals surface area contributed by atoms with Crippen molar-refractivity contribution in [3.8, 4) is 0 Å². The summed E-state index contributed by atoms with van der Waals surface area (Å²) >= 11 is 0. The molecule has 2 heterocycles. The Hall–Kier alpha value is -1.66. The number of likely N-dealkylation sites (N-methyl/N-ethyl adjacent to an activating group) is 1. The highest BCUT2D eigenvalue weighted by Gasteiger charge is 2.12. The minimum absolute atomic E-state index is 0. The lowest BCUT2D eigenvalue weighted by Gasteiger charge is -2.05. The molecule has 7 heteroatoms. The van der Waals surface area contributed by atoms with Gasteiger partial charge in [-0.1, -0.05) is 19.0 Å². The minimum Gasteiger partial charge on any atom is -0.351 e. The molecule has 0 unspecified atom stereocenters. The predicted octanol–water partition coefficient (Wildman–Crippen LogP) is 1.55. The number of carbonyl (C=O) groups is 1. The third-order valence-electron chi connectivity index (χ3n) is 2.84. The molecule has 0 aliphatic rings. The first-order valence-corrected chi connectivity index (χ1v) is 6.49. The molecule has 0 aliphatic heterocycles. The van der Waals surface area contributed by atoms with Gasteiger partial charge < -0.3 is 15.2 Å². The molecule has 0 spiro atoms. The van der Waals surface area contributed by atoms with Crippen molar-refractivity contribution in [1.82, 2.24) is 20.8 Å². The van der Waals surface area contributed by atoms with Gasteiger partial charge in [-0.2, -0.15) is 0 Å².